The molecule has 8 nitrogen and oxygen atoms in total. The second kappa shape index (κ2) is 8.42. The Morgan fingerprint density at radius 1 is 1.00 bits per heavy atom. The summed E-state index contributed by atoms with van der Waals surface area (Å²) in [6, 6.07) is 8.89. The van der Waals surface area contributed by atoms with Gasteiger partial charge in [0.2, 0.25) is 0 Å². The van der Waals surface area contributed by atoms with Gasteiger partial charge in [-0.3, -0.25) is 14.9 Å². The highest BCUT2D eigenvalue weighted by Gasteiger charge is 2.54. The maximum atomic E-state index is 13.2. The van der Waals surface area contributed by atoms with Gasteiger partial charge in [0.1, 0.15) is 11.4 Å². The molecule has 4 amide bonds. The number of hydrogen-bond acceptors (Lipinski definition) is 5. The van der Waals surface area contributed by atoms with Crippen molar-refractivity contribution in [1.29, 1.82) is 0 Å². The van der Waals surface area contributed by atoms with E-state index in [1.54, 1.807) is 12.1 Å². The van der Waals surface area contributed by atoms with E-state index in [9.17, 15) is 14.4 Å². The molecule has 3 fully saturated rings. The molecule has 3 aliphatic rings. The van der Waals surface area contributed by atoms with Crippen LogP contribution in [0.3, 0.4) is 0 Å². The minimum Gasteiger partial charge on any atom is -0.353 e. The van der Waals surface area contributed by atoms with E-state index in [0.717, 1.165) is 55.0 Å². The minimum absolute atomic E-state index is 0.0198. The number of anilines is 1. The summed E-state index contributed by atoms with van der Waals surface area (Å²) in [5.41, 5.74) is 3.67. The van der Waals surface area contributed by atoms with Gasteiger partial charge in [0.25, 0.3) is 11.8 Å². The Bertz CT molecular complexity index is 1150. The predicted octanol–water partition coefficient (Wildman–Crippen LogP) is 2.80. The van der Waals surface area contributed by atoms with Crippen LogP contribution in [-0.2, 0) is 10.3 Å². The number of aromatic nitrogens is 1. The Labute approximate surface area is 199 Å². The fraction of sp³-hybridized carbons (Fsp3) is 0.462. The van der Waals surface area contributed by atoms with Crippen molar-refractivity contribution in [3.8, 4) is 0 Å². The molecule has 2 aromatic rings. The Kier molecular flexibility index (Phi) is 5.54. The van der Waals surface area contributed by atoms with Crippen LogP contribution in [0.15, 0.2) is 30.3 Å². The molecule has 1 aromatic heterocycles. The Balaban J connectivity index is 1.29. The maximum Gasteiger partial charge on any atom is 0.322 e. The zero-order valence-electron chi connectivity index (χ0n) is 20.0. The number of benzene rings is 1. The lowest BCUT2D eigenvalue weighted by Crippen LogP contribution is -2.52. The molecule has 1 atom stereocenters. The van der Waals surface area contributed by atoms with E-state index in [2.05, 4.69) is 35.4 Å². The number of pyridine rings is 1. The Morgan fingerprint density at radius 3 is 2.24 bits per heavy atom. The number of amides is 4. The van der Waals surface area contributed by atoms with E-state index < -0.39 is 11.6 Å². The average Bonchev–Trinajstić information content (AvgIpc) is 3.09. The number of piperazine rings is 1. The highest BCUT2D eigenvalue weighted by Crippen LogP contribution is 2.44. The fourth-order valence-corrected chi connectivity index (χ4v) is 5.37. The van der Waals surface area contributed by atoms with Crippen molar-refractivity contribution in [3.05, 3.63) is 58.3 Å². The lowest BCUT2D eigenvalue weighted by molar-refractivity contribution is -0.127. The van der Waals surface area contributed by atoms with Gasteiger partial charge in [-0.25, -0.2) is 9.78 Å². The largest absolute Gasteiger partial charge is 0.353 e. The summed E-state index contributed by atoms with van der Waals surface area (Å²) in [4.78, 5) is 46.8. The molecule has 3 heterocycles. The second-order valence-electron chi connectivity index (χ2n) is 9.73. The molecule has 34 heavy (non-hydrogen) atoms. The summed E-state index contributed by atoms with van der Waals surface area (Å²) in [6.45, 7) is 8.89. The van der Waals surface area contributed by atoms with E-state index in [4.69, 9.17) is 4.98 Å². The number of aryl methyl sites for hydroxylation is 3. The van der Waals surface area contributed by atoms with Crippen molar-refractivity contribution < 1.29 is 14.4 Å². The van der Waals surface area contributed by atoms with Gasteiger partial charge in [0.15, 0.2) is 0 Å². The number of nitrogens with one attached hydrogen (secondary N) is 2. The molecule has 2 N–H and O–H groups in total. The van der Waals surface area contributed by atoms with Gasteiger partial charge in [-0.05, 0) is 68.4 Å². The smallest absolute Gasteiger partial charge is 0.322 e. The SMILES string of the molecule is Cc1cc(C)c(N2CCN(C(=O)c3ccc(C4(C5CCC5)NC(=O)NC4=O)cc3)CC2)nc1C. The van der Waals surface area contributed by atoms with Gasteiger partial charge in [-0.1, -0.05) is 24.6 Å². The molecule has 1 aromatic carbocycles. The van der Waals surface area contributed by atoms with E-state index >= 15 is 0 Å². The first-order chi connectivity index (χ1) is 16.3. The summed E-state index contributed by atoms with van der Waals surface area (Å²) in [7, 11) is 0. The van der Waals surface area contributed by atoms with Crippen LogP contribution in [0.1, 0.15) is 52.0 Å². The van der Waals surface area contributed by atoms with Gasteiger partial charge in [-0.15, -0.1) is 0 Å². The molecular weight excluding hydrogens is 430 g/mol. The maximum absolute atomic E-state index is 13.2. The number of urea groups is 1. The first kappa shape index (κ1) is 22.4. The quantitative estimate of drug-likeness (QED) is 0.683. The van der Waals surface area contributed by atoms with Crippen LogP contribution in [0, 0.1) is 26.7 Å². The van der Waals surface area contributed by atoms with Crippen LogP contribution < -0.4 is 15.5 Å². The molecule has 2 aliphatic heterocycles. The molecule has 0 radical (unpaired) electrons. The average molecular weight is 462 g/mol. The van der Waals surface area contributed by atoms with Gasteiger partial charge in [0.05, 0.1) is 0 Å². The summed E-state index contributed by atoms with van der Waals surface area (Å²) >= 11 is 0. The van der Waals surface area contributed by atoms with E-state index in [0.29, 0.717) is 18.7 Å². The second-order valence-corrected chi connectivity index (χ2v) is 9.73. The lowest BCUT2D eigenvalue weighted by Gasteiger charge is -2.40. The number of nitrogens with zero attached hydrogens (tertiary/aromatic N) is 3. The van der Waals surface area contributed by atoms with Gasteiger partial charge < -0.3 is 15.1 Å². The predicted molar refractivity (Wildman–Crippen MR) is 129 cm³/mol. The molecule has 8 heteroatoms. The van der Waals surface area contributed by atoms with Crippen LogP contribution in [0.2, 0.25) is 0 Å². The summed E-state index contributed by atoms with van der Waals surface area (Å²) < 4.78 is 0. The normalized spacial score (nSPS) is 22.9. The molecule has 0 spiro atoms. The number of imide groups is 1. The van der Waals surface area contributed by atoms with Crippen LogP contribution in [0.5, 0.6) is 0 Å². The fourth-order valence-electron chi connectivity index (χ4n) is 5.37. The van der Waals surface area contributed by atoms with E-state index in [1.807, 2.05) is 24.0 Å². The zero-order valence-corrected chi connectivity index (χ0v) is 20.0. The summed E-state index contributed by atoms with van der Waals surface area (Å²) in [6.07, 6.45) is 2.84. The minimum atomic E-state index is -1.03. The van der Waals surface area contributed by atoms with Gasteiger partial charge in [0, 0.05) is 37.4 Å². The Morgan fingerprint density at radius 2 is 1.68 bits per heavy atom. The third-order valence-electron chi connectivity index (χ3n) is 7.70. The molecule has 5 rings (SSSR count). The molecule has 1 unspecified atom stereocenters. The van der Waals surface area contributed by atoms with Crippen LogP contribution >= 0.6 is 0 Å². The summed E-state index contributed by atoms with van der Waals surface area (Å²) in [5.74, 6) is 0.759. The first-order valence-corrected chi connectivity index (χ1v) is 12.0. The standard InChI is InChI=1S/C26H31N5O3/c1-16-15-17(2)22(27-18(16)3)30-11-13-31(14-12-30)23(32)19-7-9-21(10-8-19)26(20-5-4-6-20)24(33)28-25(34)29-26/h7-10,15,20H,4-6,11-14H2,1-3H3,(H2,28,29,33,34). The van der Waals surface area contributed by atoms with Crippen LogP contribution in [-0.4, -0.2) is 53.9 Å². The van der Waals surface area contributed by atoms with Crippen molar-refractivity contribution in [2.24, 2.45) is 5.92 Å². The number of carbonyl (C=O) groups is 3. The third-order valence-corrected chi connectivity index (χ3v) is 7.70. The molecule has 2 saturated heterocycles. The zero-order chi connectivity index (χ0) is 24.0. The number of carbonyl (C=O) groups excluding carboxylic acids is 3. The third kappa shape index (κ3) is 3.61. The molecule has 1 aliphatic carbocycles. The molecule has 0 bridgehead atoms. The Hall–Kier alpha value is -3.42. The van der Waals surface area contributed by atoms with Crippen molar-refractivity contribution >= 4 is 23.7 Å². The van der Waals surface area contributed by atoms with Gasteiger partial charge >= 0.3 is 6.03 Å². The van der Waals surface area contributed by atoms with Crippen molar-refractivity contribution in [1.82, 2.24) is 20.5 Å². The first-order valence-electron chi connectivity index (χ1n) is 12.0. The summed E-state index contributed by atoms with van der Waals surface area (Å²) in [5, 5.41) is 5.27. The van der Waals surface area contributed by atoms with E-state index in [1.165, 1.54) is 5.56 Å². The van der Waals surface area contributed by atoms with Crippen LogP contribution in [0.25, 0.3) is 0 Å². The molecule has 1 saturated carbocycles. The number of rotatable bonds is 4. The highest BCUT2D eigenvalue weighted by molar-refractivity contribution is 6.07. The van der Waals surface area contributed by atoms with Crippen LogP contribution in [0.4, 0.5) is 10.6 Å². The highest BCUT2D eigenvalue weighted by atomic mass is 16.2. The van der Waals surface area contributed by atoms with Crippen molar-refractivity contribution in [2.45, 2.75) is 45.6 Å². The molecule has 178 valence electrons. The number of hydrogen-bond donors (Lipinski definition) is 2. The molecular formula is C26H31N5O3. The van der Waals surface area contributed by atoms with Gasteiger partial charge in [-0.2, -0.15) is 0 Å². The lowest BCUT2D eigenvalue weighted by atomic mass is 9.67. The van der Waals surface area contributed by atoms with Crippen molar-refractivity contribution in [2.75, 3.05) is 31.1 Å². The monoisotopic (exact) mass is 461 g/mol. The topological polar surface area (TPSA) is 94.6 Å². The van der Waals surface area contributed by atoms with E-state index in [-0.39, 0.29) is 17.7 Å². The van der Waals surface area contributed by atoms with Crippen molar-refractivity contribution in [3.63, 3.8) is 0 Å².